The second-order valence-corrected chi connectivity index (χ2v) is 6.39. The molecule has 2 aromatic rings. The number of methoxy groups -OCH3 is 3. The number of ether oxygens (including phenoxy) is 3. The number of anilines is 2. The van der Waals surface area contributed by atoms with Crippen molar-refractivity contribution in [2.75, 3.05) is 44.6 Å². The van der Waals surface area contributed by atoms with Crippen molar-refractivity contribution in [2.45, 2.75) is 26.0 Å². The van der Waals surface area contributed by atoms with Gasteiger partial charge in [-0.1, -0.05) is 0 Å². The Morgan fingerprint density at radius 1 is 1.08 bits per heavy atom. The van der Waals surface area contributed by atoms with Crippen molar-refractivity contribution in [3.63, 3.8) is 0 Å². The lowest BCUT2D eigenvalue weighted by atomic mass is 10.2. The van der Waals surface area contributed by atoms with Gasteiger partial charge in [0.05, 0.1) is 14.2 Å². The van der Waals surface area contributed by atoms with Crippen LogP contribution in [0, 0.1) is 6.92 Å². The molecule has 140 valence electrons. The van der Waals surface area contributed by atoms with Gasteiger partial charge in [-0.05, 0) is 13.3 Å². The van der Waals surface area contributed by atoms with E-state index in [4.69, 9.17) is 14.2 Å². The smallest absolute Gasteiger partial charge is 0.156 e. The first-order chi connectivity index (χ1) is 12.6. The summed E-state index contributed by atoms with van der Waals surface area (Å²) in [6.07, 6.45) is 1.03. The zero-order chi connectivity index (χ0) is 18.5. The topological polar surface area (TPSA) is 68.7 Å². The third kappa shape index (κ3) is 4.35. The summed E-state index contributed by atoms with van der Waals surface area (Å²) in [5.74, 6) is 3.14. The van der Waals surface area contributed by atoms with Crippen LogP contribution in [-0.2, 0) is 11.3 Å². The maximum Gasteiger partial charge on any atom is 0.156 e. The van der Waals surface area contributed by atoms with Gasteiger partial charge >= 0.3 is 0 Å². The first-order valence-electron chi connectivity index (χ1n) is 8.69. The summed E-state index contributed by atoms with van der Waals surface area (Å²) >= 11 is 0. The molecule has 1 atom stereocenters. The largest absolute Gasteiger partial charge is 0.497 e. The molecule has 1 unspecified atom stereocenters. The van der Waals surface area contributed by atoms with E-state index in [1.165, 1.54) is 0 Å². The molecule has 1 aromatic heterocycles. The second-order valence-electron chi connectivity index (χ2n) is 6.39. The van der Waals surface area contributed by atoms with Gasteiger partial charge in [0.25, 0.3) is 0 Å². The highest BCUT2D eigenvalue weighted by Crippen LogP contribution is 2.30. The van der Waals surface area contributed by atoms with E-state index in [2.05, 4.69) is 20.2 Å². The lowest BCUT2D eigenvalue weighted by Crippen LogP contribution is -2.26. The summed E-state index contributed by atoms with van der Waals surface area (Å²) in [7, 11) is 4.99. The minimum atomic E-state index is 0.317. The number of aryl methyl sites for hydroxylation is 1. The van der Waals surface area contributed by atoms with Crippen LogP contribution >= 0.6 is 0 Å². The average Bonchev–Trinajstić information content (AvgIpc) is 3.09. The van der Waals surface area contributed by atoms with Crippen LogP contribution in [0.25, 0.3) is 0 Å². The summed E-state index contributed by atoms with van der Waals surface area (Å²) in [6, 6.07) is 8.25. The molecular weight excluding hydrogens is 332 g/mol. The van der Waals surface area contributed by atoms with Gasteiger partial charge in [-0.3, -0.25) is 0 Å². The molecule has 0 saturated carbocycles. The molecule has 1 aromatic carbocycles. The minimum Gasteiger partial charge on any atom is -0.497 e. The van der Waals surface area contributed by atoms with Crippen molar-refractivity contribution in [3.05, 3.63) is 35.8 Å². The molecule has 2 heterocycles. The third-order valence-electron chi connectivity index (χ3n) is 4.42. The zero-order valence-corrected chi connectivity index (χ0v) is 15.8. The predicted octanol–water partition coefficient (Wildman–Crippen LogP) is 2.64. The molecule has 0 spiro atoms. The van der Waals surface area contributed by atoms with E-state index in [1.807, 2.05) is 31.2 Å². The Morgan fingerprint density at radius 2 is 1.81 bits per heavy atom. The monoisotopic (exact) mass is 358 g/mol. The molecular formula is C19H26N4O3. The minimum absolute atomic E-state index is 0.317. The molecule has 0 amide bonds. The standard InChI is InChI=1S/C19H26N4O3/c1-13-7-18(22-19(20-13)12-24-2)21-14-5-6-23(11-14)15-8-16(25-3)10-17(9-15)26-4/h7-10,14H,5-6,11-12H2,1-4H3,(H,20,21,22). The van der Waals surface area contributed by atoms with E-state index in [0.717, 1.165) is 48.2 Å². The van der Waals surface area contributed by atoms with E-state index in [1.54, 1.807) is 21.3 Å². The SMILES string of the molecule is COCc1nc(C)cc(NC2CCN(c3cc(OC)cc(OC)c3)C2)n1. The fourth-order valence-corrected chi connectivity index (χ4v) is 3.19. The predicted molar refractivity (Wildman–Crippen MR) is 101 cm³/mol. The van der Waals surface area contributed by atoms with Gasteiger partial charge in [-0.25, -0.2) is 9.97 Å². The zero-order valence-electron chi connectivity index (χ0n) is 15.8. The Balaban J connectivity index is 1.69. The van der Waals surface area contributed by atoms with E-state index in [-0.39, 0.29) is 0 Å². The van der Waals surface area contributed by atoms with Gasteiger partial charge in [0.1, 0.15) is 23.9 Å². The van der Waals surface area contributed by atoms with Gasteiger partial charge < -0.3 is 24.4 Å². The average molecular weight is 358 g/mol. The maximum atomic E-state index is 5.38. The Hall–Kier alpha value is -2.54. The Labute approximate surface area is 154 Å². The molecule has 0 bridgehead atoms. The summed E-state index contributed by atoms with van der Waals surface area (Å²) in [5, 5.41) is 3.53. The number of hydrogen-bond acceptors (Lipinski definition) is 7. The molecule has 1 aliphatic heterocycles. The van der Waals surface area contributed by atoms with Gasteiger partial charge in [-0.2, -0.15) is 0 Å². The van der Waals surface area contributed by atoms with Gasteiger partial charge in [0, 0.05) is 61.9 Å². The van der Waals surface area contributed by atoms with Crippen LogP contribution < -0.4 is 19.7 Å². The van der Waals surface area contributed by atoms with Crippen molar-refractivity contribution in [3.8, 4) is 11.5 Å². The van der Waals surface area contributed by atoms with E-state index in [0.29, 0.717) is 18.5 Å². The van der Waals surface area contributed by atoms with E-state index in [9.17, 15) is 0 Å². The third-order valence-corrected chi connectivity index (χ3v) is 4.42. The van der Waals surface area contributed by atoms with Gasteiger partial charge in [0.15, 0.2) is 5.82 Å². The van der Waals surface area contributed by atoms with Crippen LogP contribution in [0.15, 0.2) is 24.3 Å². The van der Waals surface area contributed by atoms with Crippen LogP contribution in [0.2, 0.25) is 0 Å². The summed E-state index contributed by atoms with van der Waals surface area (Å²) < 4.78 is 15.9. The van der Waals surface area contributed by atoms with Gasteiger partial charge in [0.2, 0.25) is 0 Å². The molecule has 26 heavy (non-hydrogen) atoms. The second kappa shape index (κ2) is 8.23. The maximum absolute atomic E-state index is 5.38. The van der Waals surface area contributed by atoms with E-state index < -0.39 is 0 Å². The Morgan fingerprint density at radius 3 is 2.46 bits per heavy atom. The number of aromatic nitrogens is 2. The quantitative estimate of drug-likeness (QED) is 0.816. The highest BCUT2D eigenvalue weighted by atomic mass is 16.5. The summed E-state index contributed by atoms with van der Waals surface area (Å²) in [5.41, 5.74) is 2.03. The Bertz CT molecular complexity index is 731. The fourth-order valence-electron chi connectivity index (χ4n) is 3.19. The first kappa shape index (κ1) is 18.3. The summed E-state index contributed by atoms with van der Waals surface area (Å²) in [4.78, 5) is 11.2. The van der Waals surface area contributed by atoms with Crippen molar-refractivity contribution in [1.29, 1.82) is 0 Å². The lowest BCUT2D eigenvalue weighted by Gasteiger charge is -2.21. The van der Waals surface area contributed by atoms with Crippen molar-refractivity contribution in [2.24, 2.45) is 0 Å². The number of benzene rings is 1. The van der Waals surface area contributed by atoms with Crippen LogP contribution in [0.4, 0.5) is 11.5 Å². The molecule has 0 aliphatic carbocycles. The highest BCUT2D eigenvalue weighted by molar-refractivity contribution is 5.57. The highest BCUT2D eigenvalue weighted by Gasteiger charge is 2.24. The molecule has 7 heteroatoms. The molecule has 1 fully saturated rings. The molecule has 1 N–H and O–H groups in total. The fraction of sp³-hybridized carbons (Fsp3) is 0.474. The molecule has 1 saturated heterocycles. The normalized spacial score (nSPS) is 16.6. The van der Waals surface area contributed by atoms with Crippen LogP contribution in [0.3, 0.4) is 0 Å². The van der Waals surface area contributed by atoms with Crippen LogP contribution in [0.1, 0.15) is 17.9 Å². The molecule has 7 nitrogen and oxygen atoms in total. The number of rotatable bonds is 7. The molecule has 1 aliphatic rings. The molecule has 0 radical (unpaired) electrons. The van der Waals surface area contributed by atoms with Gasteiger partial charge in [-0.15, -0.1) is 0 Å². The number of hydrogen-bond donors (Lipinski definition) is 1. The number of nitrogens with one attached hydrogen (secondary N) is 1. The van der Waals surface area contributed by atoms with Crippen molar-refractivity contribution in [1.82, 2.24) is 9.97 Å². The van der Waals surface area contributed by atoms with Crippen LogP contribution in [-0.4, -0.2) is 50.4 Å². The molecule has 3 rings (SSSR count). The van der Waals surface area contributed by atoms with E-state index >= 15 is 0 Å². The first-order valence-corrected chi connectivity index (χ1v) is 8.69. The number of nitrogens with zero attached hydrogens (tertiary/aromatic N) is 3. The Kier molecular flexibility index (Phi) is 5.78. The van der Waals surface area contributed by atoms with Crippen molar-refractivity contribution >= 4 is 11.5 Å². The lowest BCUT2D eigenvalue weighted by molar-refractivity contribution is 0.177. The van der Waals surface area contributed by atoms with Crippen molar-refractivity contribution < 1.29 is 14.2 Å². The van der Waals surface area contributed by atoms with Crippen LogP contribution in [0.5, 0.6) is 11.5 Å². The summed E-state index contributed by atoms with van der Waals surface area (Å²) in [6.45, 7) is 4.23.